The van der Waals surface area contributed by atoms with Crippen LogP contribution in [0.25, 0.3) is 0 Å². The molecule has 1 unspecified atom stereocenters. The van der Waals surface area contributed by atoms with Crippen molar-refractivity contribution in [3.63, 3.8) is 0 Å². The highest BCUT2D eigenvalue weighted by Crippen LogP contribution is 2.34. The van der Waals surface area contributed by atoms with Gasteiger partial charge in [0.25, 0.3) is 0 Å². The summed E-state index contributed by atoms with van der Waals surface area (Å²) in [5.74, 6) is 0. The maximum absolute atomic E-state index is 9.87. The molecule has 0 saturated heterocycles. The van der Waals surface area contributed by atoms with E-state index in [9.17, 15) is 5.02 Å². The standard InChI is InChI=1S/C10H10BNO/c1-10(7-12)6-8-3-2-4-9(5-8)11(10)13/h2-5,13H,6H2,1H3. The van der Waals surface area contributed by atoms with E-state index in [0.29, 0.717) is 6.42 Å². The fraction of sp³-hybridized carbons (Fsp3) is 0.300. The van der Waals surface area contributed by atoms with Crippen LogP contribution >= 0.6 is 0 Å². The third-order valence-electron chi connectivity index (χ3n) is 2.70. The highest BCUT2D eigenvalue weighted by atomic mass is 16.2. The Morgan fingerprint density at radius 2 is 2.38 bits per heavy atom. The van der Waals surface area contributed by atoms with E-state index in [1.807, 2.05) is 24.3 Å². The SMILES string of the molecule is CC1(C#N)Cc2cccc(c2)B1O. The van der Waals surface area contributed by atoms with Crippen LogP contribution in [0.3, 0.4) is 0 Å². The molecule has 1 atom stereocenters. The number of hydrogen-bond acceptors (Lipinski definition) is 2. The molecule has 64 valence electrons. The lowest BCUT2D eigenvalue weighted by Crippen LogP contribution is -2.45. The molecule has 1 aromatic carbocycles. The van der Waals surface area contributed by atoms with Gasteiger partial charge in [-0.05, 0) is 24.4 Å². The molecule has 0 spiro atoms. The molecule has 1 aliphatic heterocycles. The first-order chi connectivity index (χ1) is 6.15. The van der Waals surface area contributed by atoms with Gasteiger partial charge in [-0.25, -0.2) is 0 Å². The summed E-state index contributed by atoms with van der Waals surface area (Å²) in [6, 6.07) is 9.93. The number of fused-ring (bicyclic) bond motifs is 2. The lowest BCUT2D eigenvalue weighted by atomic mass is 9.39. The van der Waals surface area contributed by atoms with Crippen LogP contribution < -0.4 is 5.46 Å². The Labute approximate surface area is 77.9 Å². The summed E-state index contributed by atoms with van der Waals surface area (Å²) in [5.41, 5.74) is 1.99. The van der Waals surface area contributed by atoms with E-state index in [0.717, 1.165) is 11.0 Å². The molecule has 0 saturated carbocycles. The number of hydrogen-bond donors (Lipinski definition) is 1. The molecule has 0 aliphatic carbocycles. The van der Waals surface area contributed by atoms with E-state index in [1.54, 1.807) is 6.92 Å². The van der Waals surface area contributed by atoms with Crippen LogP contribution in [-0.4, -0.2) is 11.9 Å². The Kier molecular flexibility index (Phi) is 1.68. The maximum atomic E-state index is 9.87. The molecule has 1 aliphatic rings. The van der Waals surface area contributed by atoms with Crippen molar-refractivity contribution < 1.29 is 5.02 Å². The second-order valence-electron chi connectivity index (χ2n) is 3.85. The molecule has 13 heavy (non-hydrogen) atoms. The Morgan fingerprint density at radius 1 is 1.62 bits per heavy atom. The van der Waals surface area contributed by atoms with Crippen molar-refractivity contribution in [2.75, 3.05) is 0 Å². The van der Waals surface area contributed by atoms with Gasteiger partial charge in [-0.3, -0.25) is 0 Å². The van der Waals surface area contributed by atoms with Gasteiger partial charge in [0.15, 0.2) is 0 Å². The number of rotatable bonds is 0. The van der Waals surface area contributed by atoms with Crippen molar-refractivity contribution in [2.45, 2.75) is 18.7 Å². The van der Waals surface area contributed by atoms with Gasteiger partial charge in [-0.2, -0.15) is 5.26 Å². The predicted octanol–water partition coefficient (Wildman–Crippen LogP) is 0.717. The van der Waals surface area contributed by atoms with Gasteiger partial charge in [0.1, 0.15) is 0 Å². The summed E-state index contributed by atoms with van der Waals surface area (Å²) in [5, 5.41) is 18.2. The van der Waals surface area contributed by atoms with Gasteiger partial charge < -0.3 is 5.02 Å². The number of nitrogens with zero attached hydrogens (tertiary/aromatic N) is 1. The molecular formula is C10H10BNO. The molecule has 3 heteroatoms. The summed E-state index contributed by atoms with van der Waals surface area (Å²) in [6.07, 6.45) is 0.637. The Bertz CT molecular complexity index is 385. The quantitative estimate of drug-likeness (QED) is 0.584. The van der Waals surface area contributed by atoms with Crippen LogP contribution in [0.1, 0.15) is 12.5 Å². The molecule has 1 N–H and O–H groups in total. The van der Waals surface area contributed by atoms with Crippen molar-refractivity contribution in [1.29, 1.82) is 5.26 Å². The highest BCUT2D eigenvalue weighted by molar-refractivity contribution is 6.70. The first-order valence-electron chi connectivity index (χ1n) is 4.34. The maximum Gasteiger partial charge on any atom is 0.345 e. The van der Waals surface area contributed by atoms with Gasteiger partial charge in [0.05, 0.1) is 11.4 Å². The molecular weight excluding hydrogens is 161 g/mol. The molecule has 0 aromatic heterocycles. The highest BCUT2D eigenvalue weighted by Gasteiger charge is 2.41. The first kappa shape index (κ1) is 8.34. The smallest absolute Gasteiger partial charge is 0.345 e. The number of benzene rings is 1. The summed E-state index contributed by atoms with van der Waals surface area (Å²) in [4.78, 5) is 0. The fourth-order valence-corrected chi connectivity index (χ4v) is 1.86. The zero-order valence-electron chi connectivity index (χ0n) is 7.49. The van der Waals surface area contributed by atoms with E-state index in [4.69, 9.17) is 5.26 Å². The molecule has 0 radical (unpaired) electrons. The number of nitriles is 1. The van der Waals surface area contributed by atoms with Gasteiger partial charge in [0.2, 0.25) is 0 Å². The Morgan fingerprint density at radius 3 is 3.08 bits per heavy atom. The van der Waals surface area contributed by atoms with Crippen LogP contribution in [0.2, 0.25) is 5.31 Å². The van der Waals surface area contributed by atoms with E-state index < -0.39 is 12.2 Å². The third-order valence-corrected chi connectivity index (χ3v) is 2.70. The predicted molar refractivity (Wildman–Crippen MR) is 51.7 cm³/mol. The molecule has 2 rings (SSSR count). The first-order valence-corrected chi connectivity index (χ1v) is 4.34. The summed E-state index contributed by atoms with van der Waals surface area (Å²) < 4.78 is 0. The molecule has 2 bridgehead atoms. The van der Waals surface area contributed by atoms with Crippen LogP contribution in [0.4, 0.5) is 0 Å². The van der Waals surface area contributed by atoms with E-state index in [2.05, 4.69) is 6.07 Å². The molecule has 0 fully saturated rings. The second kappa shape index (κ2) is 2.61. The summed E-state index contributed by atoms with van der Waals surface area (Å²) in [7, 11) is 0. The monoisotopic (exact) mass is 171 g/mol. The molecule has 2 nitrogen and oxygen atoms in total. The zero-order valence-corrected chi connectivity index (χ0v) is 7.49. The van der Waals surface area contributed by atoms with E-state index in [1.165, 1.54) is 0 Å². The van der Waals surface area contributed by atoms with Crippen LogP contribution in [0, 0.1) is 11.3 Å². The van der Waals surface area contributed by atoms with Gasteiger partial charge in [-0.15, -0.1) is 0 Å². The summed E-state index contributed by atoms with van der Waals surface area (Å²) in [6.45, 7) is 1.16. The minimum Gasteiger partial charge on any atom is -0.445 e. The minimum absolute atomic E-state index is 0.637. The van der Waals surface area contributed by atoms with Gasteiger partial charge in [0, 0.05) is 0 Å². The van der Waals surface area contributed by atoms with Crippen molar-refractivity contribution >= 4 is 12.4 Å². The summed E-state index contributed by atoms with van der Waals surface area (Å²) >= 11 is 0. The van der Waals surface area contributed by atoms with Gasteiger partial charge >= 0.3 is 6.92 Å². The van der Waals surface area contributed by atoms with Crippen LogP contribution in [-0.2, 0) is 6.42 Å². The molecule has 1 aromatic rings. The van der Waals surface area contributed by atoms with Crippen molar-refractivity contribution in [3.8, 4) is 6.07 Å². The van der Waals surface area contributed by atoms with Crippen LogP contribution in [0.15, 0.2) is 24.3 Å². The average Bonchev–Trinajstić information content (AvgIpc) is 2.15. The zero-order chi connectivity index (χ0) is 9.47. The normalized spacial score (nSPS) is 25.5. The van der Waals surface area contributed by atoms with E-state index >= 15 is 0 Å². The minimum atomic E-state index is -0.652. The van der Waals surface area contributed by atoms with E-state index in [-0.39, 0.29) is 0 Å². The molecule has 0 amide bonds. The largest absolute Gasteiger partial charge is 0.445 e. The van der Waals surface area contributed by atoms with Gasteiger partial charge in [-0.1, -0.05) is 24.3 Å². The fourth-order valence-electron chi connectivity index (χ4n) is 1.86. The molecule has 1 heterocycles. The lowest BCUT2D eigenvalue weighted by molar-refractivity contribution is 0.528. The third kappa shape index (κ3) is 1.15. The average molecular weight is 171 g/mol. The van der Waals surface area contributed by atoms with Crippen molar-refractivity contribution in [2.24, 2.45) is 0 Å². The van der Waals surface area contributed by atoms with Crippen molar-refractivity contribution in [3.05, 3.63) is 29.8 Å². The second-order valence-corrected chi connectivity index (χ2v) is 3.85. The van der Waals surface area contributed by atoms with Crippen LogP contribution in [0.5, 0.6) is 0 Å². The topological polar surface area (TPSA) is 44.0 Å². The Balaban J connectivity index is 2.52. The van der Waals surface area contributed by atoms with Crippen molar-refractivity contribution in [1.82, 2.24) is 0 Å². The Hall–Kier alpha value is -1.27. The lowest BCUT2D eigenvalue weighted by Gasteiger charge is -2.29.